The summed E-state index contributed by atoms with van der Waals surface area (Å²) in [5.41, 5.74) is 0.238. The quantitative estimate of drug-likeness (QED) is 0.768. The zero-order valence-corrected chi connectivity index (χ0v) is 13.1. The molecule has 100 valence electrons. The number of ether oxygens (including phenoxy) is 2. The third kappa shape index (κ3) is 2.86. The summed E-state index contributed by atoms with van der Waals surface area (Å²) in [6, 6.07) is 3.49. The van der Waals surface area contributed by atoms with Gasteiger partial charge in [0.2, 0.25) is 0 Å². The van der Waals surface area contributed by atoms with Crippen molar-refractivity contribution >= 4 is 21.7 Å². The fourth-order valence-corrected chi connectivity index (χ4v) is 2.06. The molecule has 3 nitrogen and oxygen atoms in total. The molecule has 0 heterocycles. The Hall–Kier alpha value is -1.03. The molecule has 0 N–H and O–H groups in total. The second kappa shape index (κ2) is 5.74. The minimum absolute atomic E-state index is 0.0952. The Bertz CT molecular complexity index is 453. The van der Waals surface area contributed by atoms with Crippen molar-refractivity contribution in [2.24, 2.45) is 5.41 Å². The van der Waals surface area contributed by atoms with E-state index in [2.05, 4.69) is 15.9 Å². The molecule has 4 heteroatoms. The number of carbonyl (C=O) groups is 1. The zero-order valence-electron chi connectivity index (χ0n) is 11.5. The molecule has 0 unspecified atom stereocenters. The first-order valence-electron chi connectivity index (χ1n) is 5.83. The summed E-state index contributed by atoms with van der Waals surface area (Å²) in [6.07, 6.45) is 0.784. The highest BCUT2D eigenvalue weighted by atomic mass is 79.9. The number of carbonyl (C=O) groups excluding carboxylic acids is 1. The first-order valence-corrected chi connectivity index (χ1v) is 6.63. The number of hydrogen-bond acceptors (Lipinski definition) is 3. The third-order valence-corrected chi connectivity index (χ3v) is 3.87. The lowest BCUT2D eigenvalue weighted by atomic mass is 9.82. The summed E-state index contributed by atoms with van der Waals surface area (Å²) >= 11 is 3.42. The van der Waals surface area contributed by atoms with Gasteiger partial charge in [0.05, 0.1) is 14.2 Å². The molecule has 1 aromatic carbocycles. The van der Waals surface area contributed by atoms with E-state index in [-0.39, 0.29) is 11.2 Å². The van der Waals surface area contributed by atoms with Crippen molar-refractivity contribution in [1.29, 1.82) is 0 Å². The van der Waals surface area contributed by atoms with Crippen molar-refractivity contribution in [1.82, 2.24) is 0 Å². The van der Waals surface area contributed by atoms with E-state index in [1.165, 1.54) is 0 Å². The van der Waals surface area contributed by atoms with E-state index < -0.39 is 0 Å². The number of benzene rings is 1. The van der Waals surface area contributed by atoms with Crippen molar-refractivity contribution in [3.63, 3.8) is 0 Å². The van der Waals surface area contributed by atoms with Crippen LogP contribution in [0.5, 0.6) is 11.5 Å². The van der Waals surface area contributed by atoms with E-state index >= 15 is 0 Å². The van der Waals surface area contributed by atoms with E-state index in [4.69, 9.17) is 9.47 Å². The Morgan fingerprint density at radius 3 is 2.17 bits per heavy atom. The van der Waals surface area contributed by atoms with Gasteiger partial charge in [-0.05, 0) is 34.5 Å². The summed E-state index contributed by atoms with van der Waals surface area (Å²) in [6.45, 7) is 5.89. The van der Waals surface area contributed by atoms with E-state index in [1.54, 1.807) is 26.4 Å². The lowest BCUT2D eigenvalue weighted by molar-refractivity contribution is 0.0831. The van der Waals surface area contributed by atoms with E-state index in [0.29, 0.717) is 17.1 Å². The summed E-state index contributed by atoms with van der Waals surface area (Å²) in [4.78, 5) is 12.5. The maximum absolute atomic E-state index is 12.5. The molecule has 0 aromatic heterocycles. The van der Waals surface area contributed by atoms with E-state index in [9.17, 15) is 4.79 Å². The minimum atomic E-state index is -0.387. The molecule has 0 fully saturated rings. The minimum Gasteiger partial charge on any atom is -0.493 e. The van der Waals surface area contributed by atoms with Gasteiger partial charge in [0, 0.05) is 15.5 Å². The highest BCUT2D eigenvalue weighted by Gasteiger charge is 2.29. The molecule has 0 amide bonds. The second-order valence-electron chi connectivity index (χ2n) is 4.75. The van der Waals surface area contributed by atoms with Crippen molar-refractivity contribution in [2.45, 2.75) is 27.2 Å². The van der Waals surface area contributed by atoms with Crippen LogP contribution in [-0.4, -0.2) is 20.0 Å². The largest absolute Gasteiger partial charge is 0.493 e. The Balaban J connectivity index is 3.30. The van der Waals surface area contributed by atoms with Crippen LogP contribution in [0.1, 0.15) is 37.6 Å². The van der Waals surface area contributed by atoms with Crippen molar-refractivity contribution in [2.75, 3.05) is 14.2 Å². The van der Waals surface area contributed by atoms with Crippen molar-refractivity contribution in [3.05, 3.63) is 22.2 Å². The van der Waals surface area contributed by atoms with Gasteiger partial charge in [-0.2, -0.15) is 0 Å². The summed E-state index contributed by atoms with van der Waals surface area (Å²) in [5, 5.41) is 0. The number of halogens is 1. The van der Waals surface area contributed by atoms with Crippen LogP contribution in [0.3, 0.4) is 0 Å². The van der Waals surface area contributed by atoms with Gasteiger partial charge >= 0.3 is 0 Å². The number of methoxy groups -OCH3 is 2. The van der Waals surface area contributed by atoms with Gasteiger partial charge < -0.3 is 9.47 Å². The fraction of sp³-hybridized carbons (Fsp3) is 0.500. The van der Waals surface area contributed by atoms with Crippen LogP contribution in [-0.2, 0) is 0 Å². The van der Waals surface area contributed by atoms with E-state index in [0.717, 1.165) is 10.9 Å². The van der Waals surface area contributed by atoms with Crippen LogP contribution in [0.25, 0.3) is 0 Å². The van der Waals surface area contributed by atoms with Crippen LogP contribution < -0.4 is 9.47 Å². The molecule has 18 heavy (non-hydrogen) atoms. The summed E-state index contributed by atoms with van der Waals surface area (Å²) in [5.74, 6) is 1.27. The molecule has 0 saturated carbocycles. The van der Waals surface area contributed by atoms with Crippen LogP contribution in [0.4, 0.5) is 0 Å². The molecule has 1 aromatic rings. The maximum Gasteiger partial charge on any atom is 0.169 e. The fourth-order valence-electron chi connectivity index (χ4n) is 1.55. The molecule has 0 atom stereocenters. The highest BCUT2D eigenvalue weighted by Crippen LogP contribution is 2.36. The first kappa shape index (κ1) is 15.0. The number of ketones is 1. The predicted octanol–water partition coefficient (Wildman–Crippen LogP) is 4.09. The first-order chi connectivity index (χ1) is 8.37. The SMILES string of the molecule is CCC(C)(C)C(=O)c1cc(OC)c(OC)cc1Br. The molecular weight excluding hydrogens is 296 g/mol. The Kier molecular flexibility index (Phi) is 4.79. The van der Waals surface area contributed by atoms with Crippen LogP contribution >= 0.6 is 15.9 Å². The number of Topliss-reactive ketones (excluding diaryl/α,β-unsaturated/α-hetero) is 1. The molecule has 0 aliphatic heterocycles. The van der Waals surface area contributed by atoms with Crippen molar-refractivity contribution in [3.8, 4) is 11.5 Å². The van der Waals surface area contributed by atoms with Gasteiger partial charge in [-0.3, -0.25) is 4.79 Å². The van der Waals surface area contributed by atoms with Gasteiger partial charge in [0.15, 0.2) is 17.3 Å². The van der Waals surface area contributed by atoms with Crippen molar-refractivity contribution < 1.29 is 14.3 Å². The lowest BCUT2D eigenvalue weighted by Gasteiger charge is -2.22. The Morgan fingerprint density at radius 2 is 1.72 bits per heavy atom. The van der Waals surface area contributed by atoms with Gasteiger partial charge in [-0.25, -0.2) is 0 Å². The topological polar surface area (TPSA) is 35.5 Å². The summed E-state index contributed by atoms with van der Waals surface area (Å²) in [7, 11) is 3.13. The van der Waals surface area contributed by atoms with Gasteiger partial charge in [0.1, 0.15) is 0 Å². The van der Waals surface area contributed by atoms with Crippen LogP contribution in [0.15, 0.2) is 16.6 Å². The predicted molar refractivity (Wildman–Crippen MR) is 75.6 cm³/mol. The highest BCUT2D eigenvalue weighted by molar-refractivity contribution is 9.10. The van der Waals surface area contributed by atoms with Crippen LogP contribution in [0.2, 0.25) is 0 Å². The average Bonchev–Trinajstić information content (AvgIpc) is 2.37. The molecule has 0 saturated heterocycles. The van der Waals surface area contributed by atoms with Gasteiger partial charge in [0.25, 0.3) is 0 Å². The molecule has 0 aliphatic carbocycles. The zero-order chi connectivity index (χ0) is 13.9. The van der Waals surface area contributed by atoms with E-state index in [1.807, 2.05) is 20.8 Å². The smallest absolute Gasteiger partial charge is 0.169 e. The van der Waals surface area contributed by atoms with Gasteiger partial charge in [-0.1, -0.05) is 20.8 Å². The molecular formula is C14H19BrO3. The molecule has 0 aliphatic rings. The average molecular weight is 315 g/mol. The standard InChI is InChI=1S/C14H19BrO3/c1-6-14(2,3)13(16)9-7-11(17-4)12(18-5)8-10(9)15/h7-8H,6H2,1-5H3. The number of rotatable bonds is 5. The Morgan fingerprint density at radius 1 is 1.22 bits per heavy atom. The molecule has 0 spiro atoms. The van der Waals surface area contributed by atoms with Gasteiger partial charge in [-0.15, -0.1) is 0 Å². The Labute approximate surface area is 117 Å². The third-order valence-electron chi connectivity index (χ3n) is 3.22. The van der Waals surface area contributed by atoms with Crippen LogP contribution in [0, 0.1) is 5.41 Å². The monoisotopic (exact) mass is 314 g/mol. The molecule has 0 radical (unpaired) electrons. The maximum atomic E-state index is 12.5. The second-order valence-corrected chi connectivity index (χ2v) is 5.61. The lowest BCUT2D eigenvalue weighted by Crippen LogP contribution is -2.23. The number of hydrogen-bond donors (Lipinski definition) is 0. The summed E-state index contributed by atoms with van der Waals surface area (Å²) < 4.78 is 11.2. The normalized spacial score (nSPS) is 11.2. The molecule has 1 rings (SSSR count). The molecule has 0 bridgehead atoms.